The average molecular weight is 365 g/mol. The Bertz CT molecular complexity index is 583. The van der Waals surface area contributed by atoms with Crippen molar-refractivity contribution in [2.75, 3.05) is 45.9 Å². The summed E-state index contributed by atoms with van der Waals surface area (Å²) in [6.45, 7) is 12.5. The van der Waals surface area contributed by atoms with Crippen LogP contribution in [0.4, 0.5) is 4.79 Å². The molecule has 1 aromatic carbocycles. The van der Waals surface area contributed by atoms with Gasteiger partial charge in [0.2, 0.25) is 0 Å². The number of quaternary nitrogens is 1. The normalized spacial score (nSPS) is 16.6. The van der Waals surface area contributed by atoms with E-state index < -0.39 is 6.10 Å². The fourth-order valence-electron chi connectivity index (χ4n) is 3.39. The number of nitrogens with zero attached hydrogens (tertiary/aromatic N) is 1. The lowest BCUT2D eigenvalue weighted by atomic mass is 9.98. The van der Waals surface area contributed by atoms with Crippen LogP contribution in [0.1, 0.15) is 37.8 Å². The summed E-state index contributed by atoms with van der Waals surface area (Å²) >= 11 is 0. The zero-order valence-corrected chi connectivity index (χ0v) is 16.5. The maximum atomic E-state index is 11.7. The van der Waals surface area contributed by atoms with Gasteiger partial charge in [0, 0.05) is 0 Å². The van der Waals surface area contributed by atoms with Crippen LogP contribution in [-0.2, 0) is 4.74 Å². The topological polar surface area (TPSA) is 63.4 Å². The van der Waals surface area contributed by atoms with Crippen molar-refractivity contribution in [1.29, 1.82) is 0 Å². The molecular weight excluding hydrogens is 332 g/mol. The number of carbonyl (C=O) groups is 1. The number of piperazine rings is 1. The third kappa shape index (κ3) is 5.88. The quantitative estimate of drug-likeness (QED) is 0.763. The average Bonchev–Trinajstić information content (AvgIpc) is 2.60. The van der Waals surface area contributed by atoms with E-state index in [1.807, 2.05) is 19.1 Å². The third-order valence-electron chi connectivity index (χ3n) is 4.83. The van der Waals surface area contributed by atoms with E-state index in [1.165, 1.54) is 16.0 Å². The Morgan fingerprint density at radius 1 is 1.31 bits per heavy atom. The van der Waals surface area contributed by atoms with Crippen molar-refractivity contribution in [3.8, 4) is 5.75 Å². The van der Waals surface area contributed by atoms with E-state index >= 15 is 0 Å². The molecule has 1 amide bonds. The first-order valence-electron chi connectivity index (χ1n) is 9.57. The van der Waals surface area contributed by atoms with E-state index in [2.05, 4.69) is 26.8 Å². The number of aliphatic hydroxyl groups is 1. The van der Waals surface area contributed by atoms with E-state index in [1.54, 1.807) is 4.90 Å². The summed E-state index contributed by atoms with van der Waals surface area (Å²) in [7, 11) is 0. The molecule has 0 bridgehead atoms. The van der Waals surface area contributed by atoms with Gasteiger partial charge in [-0.2, -0.15) is 0 Å². The zero-order valence-electron chi connectivity index (χ0n) is 16.5. The Labute approximate surface area is 156 Å². The van der Waals surface area contributed by atoms with Gasteiger partial charge in [0.1, 0.15) is 25.0 Å². The van der Waals surface area contributed by atoms with Crippen LogP contribution < -0.4 is 9.64 Å². The number of carbonyl (C=O) groups excluding carboxylic acids is 1. The molecule has 2 rings (SSSR count). The van der Waals surface area contributed by atoms with E-state index in [0.717, 1.165) is 18.8 Å². The Kier molecular flexibility index (Phi) is 7.72. The fraction of sp³-hybridized carbons (Fsp3) is 0.650. The molecule has 1 aliphatic heterocycles. The Morgan fingerprint density at radius 2 is 2.00 bits per heavy atom. The summed E-state index contributed by atoms with van der Waals surface area (Å²) in [5.74, 6) is 1.29. The number of aliphatic hydroxyl groups excluding tert-OH is 1. The first-order valence-corrected chi connectivity index (χ1v) is 9.57. The highest BCUT2D eigenvalue weighted by molar-refractivity contribution is 5.67. The molecule has 146 valence electrons. The Morgan fingerprint density at radius 3 is 2.58 bits per heavy atom. The second-order valence-corrected chi connectivity index (χ2v) is 7.28. The molecule has 1 saturated heterocycles. The molecule has 2 N–H and O–H groups in total. The molecular formula is C20H33N2O4+. The molecule has 1 fully saturated rings. The molecule has 1 aliphatic rings. The van der Waals surface area contributed by atoms with Crippen LogP contribution in [0.5, 0.6) is 5.75 Å². The SMILES string of the molecule is CCOC(=O)N1CC[NH+](C[C@H](O)COc2ccc(C(C)C)c(C)c2)CC1. The number of hydrogen-bond donors (Lipinski definition) is 2. The maximum absolute atomic E-state index is 11.7. The highest BCUT2D eigenvalue weighted by Gasteiger charge is 2.26. The second kappa shape index (κ2) is 9.78. The summed E-state index contributed by atoms with van der Waals surface area (Å²) < 4.78 is 10.8. The lowest BCUT2D eigenvalue weighted by Gasteiger charge is -2.32. The first kappa shape index (κ1) is 20.5. The number of amides is 1. The van der Waals surface area contributed by atoms with Crippen molar-refractivity contribution in [2.24, 2.45) is 0 Å². The van der Waals surface area contributed by atoms with E-state index in [-0.39, 0.29) is 12.7 Å². The molecule has 1 atom stereocenters. The van der Waals surface area contributed by atoms with Crippen LogP contribution in [0.2, 0.25) is 0 Å². The molecule has 26 heavy (non-hydrogen) atoms. The molecule has 0 radical (unpaired) electrons. The minimum Gasteiger partial charge on any atom is -0.491 e. The number of rotatable bonds is 7. The number of aryl methyl sites for hydroxylation is 1. The molecule has 0 aliphatic carbocycles. The van der Waals surface area contributed by atoms with Crippen LogP contribution in [0.25, 0.3) is 0 Å². The first-order chi connectivity index (χ1) is 12.4. The fourth-order valence-corrected chi connectivity index (χ4v) is 3.39. The molecule has 1 heterocycles. The van der Waals surface area contributed by atoms with Gasteiger partial charge in [0.05, 0.1) is 32.8 Å². The van der Waals surface area contributed by atoms with E-state index in [4.69, 9.17) is 9.47 Å². The lowest BCUT2D eigenvalue weighted by Crippen LogP contribution is -3.16. The van der Waals surface area contributed by atoms with Gasteiger partial charge in [-0.25, -0.2) is 4.79 Å². The summed E-state index contributed by atoms with van der Waals surface area (Å²) in [6.07, 6.45) is -0.764. The van der Waals surface area contributed by atoms with Crippen LogP contribution in [0.15, 0.2) is 18.2 Å². The Hall–Kier alpha value is -1.79. The van der Waals surface area contributed by atoms with Gasteiger partial charge in [-0.3, -0.25) is 4.90 Å². The third-order valence-corrected chi connectivity index (χ3v) is 4.83. The number of hydrogen-bond acceptors (Lipinski definition) is 4. The summed E-state index contributed by atoms with van der Waals surface area (Å²) in [6, 6.07) is 6.11. The van der Waals surface area contributed by atoms with Crippen molar-refractivity contribution in [1.82, 2.24) is 4.90 Å². The molecule has 1 aromatic rings. The van der Waals surface area contributed by atoms with Gasteiger partial charge < -0.3 is 19.5 Å². The highest BCUT2D eigenvalue weighted by atomic mass is 16.6. The Balaban J connectivity index is 1.73. The number of benzene rings is 1. The molecule has 0 unspecified atom stereocenters. The van der Waals surface area contributed by atoms with Crippen LogP contribution in [0, 0.1) is 6.92 Å². The minimum absolute atomic E-state index is 0.240. The monoisotopic (exact) mass is 365 g/mol. The van der Waals surface area contributed by atoms with Gasteiger partial charge in [-0.1, -0.05) is 19.9 Å². The van der Waals surface area contributed by atoms with Crippen molar-refractivity contribution < 1.29 is 24.3 Å². The standard InChI is InChI=1S/C20H32N2O4/c1-5-25-20(24)22-10-8-21(9-11-22)13-17(23)14-26-18-6-7-19(15(2)3)16(4)12-18/h6-7,12,15,17,23H,5,8-11,13-14H2,1-4H3/p+1/t17-/m0/s1. The summed E-state index contributed by atoms with van der Waals surface area (Å²) in [4.78, 5) is 14.7. The van der Waals surface area contributed by atoms with Crippen LogP contribution in [0.3, 0.4) is 0 Å². The number of nitrogens with one attached hydrogen (secondary N) is 1. The van der Waals surface area contributed by atoms with Crippen LogP contribution >= 0.6 is 0 Å². The van der Waals surface area contributed by atoms with Crippen LogP contribution in [-0.4, -0.2) is 68.1 Å². The smallest absolute Gasteiger partial charge is 0.410 e. The molecule has 6 nitrogen and oxygen atoms in total. The highest BCUT2D eigenvalue weighted by Crippen LogP contribution is 2.23. The summed E-state index contributed by atoms with van der Waals surface area (Å²) in [5.41, 5.74) is 2.54. The lowest BCUT2D eigenvalue weighted by molar-refractivity contribution is -0.907. The van der Waals surface area contributed by atoms with Crippen molar-refractivity contribution in [2.45, 2.75) is 39.7 Å². The molecule has 0 saturated carbocycles. The maximum Gasteiger partial charge on any atom is 0.410 e. The van der Waals surface area contributed by atoms with Gasteiger partial charge in [-0.05, 0) is 43.0 Å². The largest absolute Gasteiger partial charge is 0.491 e. The molecule has 0 aromatic heterocycles. The van der Waals surface area contributed by atoms with Gasteiger partial charge in [-0.15, -0.1) is 0 Å². The second-order valence-electron chi connectivity index (χ2n) is 7.28. The van der Waals surface area contributed by atoms with Crippen molar-refractivity contribution in [3.05, 3.63) is 29.3 Å². The van der Waals surface area contributed by atoms with E-state index in [0.29, 0.717) is 32.2 Å². The van der Waals surface area contributed by atoms with E-state index in [9.17, 15) is 9.90 Å². The number of ether oxygens (including phenoxy) is 2. The van der Waals surface area contributed by atoms with Gasteiger partial charge >= 0.3 is 6.09 Å². The zero-order chi connectivity index (χ0) is 19.1. The predicted molar refractivity (Wildman–Crippen MR) is 101 cm³/mol. The predicted octanol–water partition coefficient (Wildman–Crippen LogP) is 1.22. The molecule has 0 spiro atoms. The molecule has 6 heteroatoms. The summed E-state index contributed by atoms with van der Waals surface area (Å²) in [5, 5.41) is 10.3. The van der Waals surface area contributed by atoms with Gasteiger partial charge in [0.25, 0.3) is 0 Å². The van der Waals surface area contributed by atoms with Crippen molar-refractivity contribution >= 4 is 6.09 Å². The van der Waals surface area contributed by atoms with Crippen molar-refractivity contribution in [3.63, 3.8) is 0 Å². The van der Waals surface area contributed by atoms with Gasteiger partial charge in [0.15, 0.2) is 0 Å². The minimum atomic E-state index is -0.524.